The number of aromatic amines is 1. The van der Waals surface area contributed by atoms with Crippen molar-refractivity contribution in [1.29, 1.82) is 0 Å². The second kappa shape index (κ2) is 5.55. The number of nitrogens with two attached hydrogens (primary N) is 1. The lowest BCUT2D eigenvalue weighted by Crippen LogP contribution is -2.21. The summed E-state index contributed by atoms with van der Waals surface area (Å²) in [5, 5.41) is 8.99. The van der Waals surface area contributed by atoms with E-state index < -0.39 is 0 Å². The molecule has 2 aromatic rings. The van der Waals surface area contributed by atoms with Gasteiger partial charge < -0.3 is 11.1 Å². The Morgan fingerprint density at radius 3 is 2.83 bits per heavy atom. The van der Waals surface area contributed by atoms with Crippen LogP contribution in [0.3, 0.4) is 0 Å². The summed E-state index contributed by atoms with van der Waals surface area (Å²) >= 11 is 0. The van der Waals surface area contributed by atoms with Gasteiger partial charge in [0.2, 0.25) is 0 Å². The summed E-state index contributed by atoms with van der Waals surface area (Å²) in [5.41, 5.74) is 7.13. The molecule has 0 saturated heterocycles. The number of carbonyl (C=O) groups excluding carboxylic acids is 1. The molecule has 0 aliphatic carbocycles. The number of nitrogens with zero attached hydrogens (tertiary/aromatic N) is 1. The van der Waals surface area contributed by atoms with E-state index in [-0.39, 0.29) is 5.91 Å². The van der Waals surface area contributed by atoms with E-state index in [0.717, 1.165) is 11.1 Å². The lowest BCUT2D eigenvalue weighted by molar-refractivity contribution is -0.115. The minimum absolute atomic E-state index is 0.310. The van der Waals surface area contributed by atoms with Crippen LogP contribution in [0.5, 0.6) is 0 Å². The zero-order chi connectivity index (χ0) is 12.8. The molecule has 5 nitrogen and oxygen atoms in total. The Morgan fingerprint density at radius 2 is 2.17 bits per heavy atom. The molecule has 4 N–H and O–H groups in total. The number of nitrogen functional groups attached to an aromatic ring is 1. The first kappa shape index (κ1) is 11.7. The number of rotatable bonds is 2. The number of H-pyrrole nitrogens is 1. The molecule has 2 rings (SSSR count). The highest BCUT2D eigenvalue weighted by molar-refractivity contribution is 5.94. The van der Waals surface area contributed by atoms with Gasteiger partial charge in [0.25, 0.3) is 5.91 Å². The van der Waals surface area contributed by atoms with Crippen molar-refractivity contribution in [3.63, 3.8) is 0 Å². The summed E-state index contributed by atoms with van der Waals surface area (Å²) in [5.74, 6) is 5.38. The van der Waals surface area contributed by atoms with Gasteiger partial charge in [0.15, 0.2) is 0 Å². The average Bonchev–Trinajstić information content (AvgIpc) is 2.81. The van der Waals surface area contributed by atoms with Crippen molar-refractivity contribution in [1.82, 2.24) is 15.5 Å². The Morgan fingerprint density at radius 1 is 1.39 bits per heavy atom. The highest BCUT2D eigenvalue weighted by Crippen LogP contribution is 2.04. The van der Waals surface area contributed by atoms with Crippen LogP contribution in [0.2, 0.25) is 0 Å². The molecule has 0 unspecified atom stereocenters. The number of nitrogens with one attached hydrogen (secondary N) is 2. The van der Waals surface area contributed by atoms with E-state index in [1.165, 1.54) is 0 Å². The number of anilines is 1. The smallest absolute Gasteiger partial charge is 0.296 e. The van der Waals surface area contributed by atoms with E-state index in [1.807, 2.05) is 30.3 Å². The van der Waals surface area contributed by atoms with E-state index in [1.54, 1.807) is 6.20 Å². The minimum atomic E-state index is -0.348. The van der Waals surface area contributed by atoms with Crippen molar-refractivity contribution < 1.29 is 4.79 Å². The molecule has 5 heteroatoms. The number of amides is 1. The first-order valence-electron chi connectivity index (χ1n) is 5.38. The molecule has 90 valence electrons. The molecule has 0 spiro atoms. The largest absolute Gasteiger partial charge is 0.384 e. The lowest BCUT2D eigenvalue weighted by atomic mass is 10.2. The average molecular weight is 240 g/mol. The number of carbonyl (C=O) groups is 1. The first-order chi connectivity index (χ1) is 8.75. The molecule has 0 aliphatic rings. The van der Waals surface area contributed by atoms with Crippen LogP contribution in [0.25, 0.3) is 0 Å². The topological polar surface area (TPSA) is 83.8 Å². The summed E-state index contributed by atoms with van der Waals surface area (Å²) in [6.07, 6.45) is 1.57. The van der Waals surface area contributed by atoms with Crippen LogP contribution in [0, 0.1) is 11.8 Å². The van der Waals surface area contributed by atoms with Gasteiger partial charge in [-0.15, -0.1) is 0 Å². The maximum Gasteiger partial charge on any atom is 0.296 e. The van der Waals surface area contributed by atoms with Crippen molar-refractivity contribution in [2.24, 2.45) is 0 Å². The fraction of sp³-hybridized carbons (Fsp3) is 0.0769. The molecule has 1 amide bonds. The standard InChI is InChI=1S/C13H12N4O/c14-13-11(9-16-17-13)8-15-12(18)7-6-10-4-2-1-3-5-10/h1-5,9H,8H2,(H,15,18)(H3,14,16,17). The van der Waals surface area contributed by atoms with Gasteiger partial charge in [-0.2, -0.15) is 5.10 Å². The Kier molecular flexibility index (Phi) is 3.62. The predicted molar refractivity (Wildman–Crippen MR) is 68.2 cm³/mol. The van der Waals surface area contributed by atoms with Gasteiger partial charge >= 0.3 is 0 Å². The summed E-state index contributed by atoms with van der Waals surface area (Å²) in [6.45, 7) is 0.310. The number of hydrogen-bond acceptors (Lipinski definition) is 3. The molecule has 0 bridgehead atoms. The predicted octanol–water partition coefficient (Wildman–Crippen LogP) is 0.660. The van der Waals surface area contributed by atoms with Gasteiger partial charge in [-0.1, -0.05) is 24.1 Å². The third-order valence-electron chi connectivity index (χ3n) is 2.28. The molecular weight excluding hydrogens is 228 g/mol. The number of aromatic nitrogens is 2. The molecule has 0 saturated carbocycles. The Bertz CT molecular complexity index is 592. The number of hydrogen-bond donors (Lipinski definition) is 3. The maximum atomic E-state index is 11.5. The number of benzene rings is 1. The fourth-order valence-corrected chi connectivity index (χ4v) is 1.33. The van der Waals surface area contributed by atoms with Gasteiger partial charge in [0.1, 0.15) is 5.82 Å². The SMILES string of the molecule is Nc1[nH]ncc1CNC(=O)C#Cc1ccccc1. The van der Waals surface area contributed by atoms with Gasteiger partial charge in [-0.25, -0.2) is 0 Å². The van der Waals surface area contributed by atoms with E-state index in [9.17, 15) is 4.79 Å². The Balaban J connectivity index is 1.90. The normalized spacial score (nSPS) is 9.33. The molecule has 0 atom stereocenters. The van der Waals surface area contributed by atoms with Crippen molar-refractivity contribution in [3.8, 4) is 11.8 Å². The van der Waals surface area contributed by atoms with Crippen LogP contribution in [0.1, 0.15) is 11.1 Å². The Hall–Kier alpha value is -2.74. The van der Waals surface area contributed by atoms with E-state index in [4.69, 9.17) is 5.73 Å². The highest BCUT2D eigenvalue weighted by Gasteiger charge is 2.02. The molecule has 0 aliphatic heterocycles. The van der Waals surface area contributed by atoms with Crippen LogP contribution < -0.4 is 11.1 Å². The van der Waals surface area contributed by atoms with Crippen molar-refractivity contribution in [2.75, 3.05) is 5.73 Å². The van der Waals surface area contributed by atoms with E-state index >= 15 is 0 Å². The summed E-state index contributed by atoms with van der Waals surface area (Å²) < 4.78 is 0. The third-order valence-corrected chi connectivity index (χ3v) is 2.28. The second-order valence-electron chi connectivity index (χ2n) is 3.61. The highest BCUT2D eigenvalue weighted by atomic mass is 16.1. The molecule has 1 aromatic heterocycles. The zero-order valence-electron chi connectivity index (χ0n) is 9.60. The summed E-state index contributed by atoms with van der Waals surface area (Å²) in [7, 11) is 0. The summed E-state index contributed by atoms with van der Waals surface area (Å²) in [6, 6.07) is 9.32. The molecule has 18 heavy (non-hydrogen) atoms. The Labute approximate surface area is 104 Å². The quantitative estimate of drug-likeness (QED) is 0.674. The maximum absolute atomic E-state index is 11.5. The summed E-state index contributed by atoms with van der Waals surface area (Å²) in [4.78, 5) is 11.5. The van der Waals surface area contributed by atoms with Crippen LogP contribution >= 0.6 is 0 Å². The van der Waals surface area contributed by atoms with E-state index in [0.29, 0.717) is 12.4 Å². The van der Waals surface area contributed by atoms with Gasteiger partial charge in [0, 0.05) is 23.6 Å². The zero-order valence-corrected chi connectivity index (χ0v) is 9.60. The van der Waals surface area contributed by atoms with Crippen LogP contribution in [-0.4, -0.2) is 16.1 Å². The molecule has 1 heterocycles. The first-order valence-corrected chi connectivity index (χ1v) is 5.38. The van der Waals surface area contributed by atoms with Crippen LogP contribution in [-0.2, 0) is 11.3 Å². The van der Waals surface area contributed by atoms with Crippen LogP contribution in [0.4, 0.5) is 5.82 Å². The van der Waals surface area contributed by atoms with Crippen LogP contribution in [0.15, 0.2) is 36.5 Å². The minimum Gasteiger partial charge on any atom is -0.384 e. The monoisotopic (exact) mass is 240 g/mol. The van der Waals surface area contributed by atoms with Crippen molar-refractivity contribution >= 4 is 11.7 Å². The third kappa shape index (κ3) is 3.12. The second-order valence-corrected chi connectivity index (χ2v) is 3.61. The van der Waals surface area contributed by atoms with Crippen molar-refractivity contribution in [3.05, 3.63) is 47.7 Å². The van der Waals surface area contributed by atoms with Gasteiger partial charge in [0.05, 0.1) is 6.20 Å². The molecular formula is C13H12N4O. The van der Waals surface area contributed by atoms with E-state index in [2.05, 4.69) is 27.4 Å². The lowest BCUT2D eigenvalue weighted by Gasteiger charge is -1.98. The molecule has 1 aromatic carbocycles. The fourth-order valence-electron chi connectivity index (χ4n) is 1.33. The van der Waals surface area contributed by atoms with Gasteiger partial charge in [-0.3, -0.25) is 9.89 Å². The van der Waals surface area contributed by atoms with Gasteiger partial charge in [-0.05, 0) is 12.1 Å². The molecule has 0 radical (unpaired) electrons. The van der Waals surface area contributed by atoms with Crippen molar-refractivity contribution in [2.45, 2.75) is 6.54 Å². The molecule has 0 fully saturated rings.